The Balaban J connectivity index is 1.41. The average Bonchev–Trinajstić information content (AvgIpc) is 3.46. The third-order valence-electron chi connectivity index (χ3n) is 9.50. The fourth-order valence-electron chi connectivity index (χ4n) is 7.34. The molecule has 7 atom stereocenters. The topological polar surface area (TPSA) is 120 Å². The summed E-state index contributed by atoms with van der Waals surface area (Å²) in [6, 6.07) is 8.19. The van der Waals surface area contributed by atoms with Gasteiger partial charge in [0.15, 0.2) is 0 Å². The van der Waals surface area contributed by atoms with Crippen molar-refractivity contribution in [2.75, 3.05) is 46.0 Å². The molecule has 4 fully saturated rings. The van der Waals surface area contributed by atoms with Gasteiger partial charge >= 0.3 is 0 Å². The number of likely N-dealkylation sites (tertiary alicyclic amines) is 1. The van der Waals surface area contributed by atoms with Crippen LogP contribution < -0.4 is 10.6 Å². The van der Waals surface area contributed by atoms with Gasteiger partial charge in [-0.1, -0.05) is 44.2 Å². The van der Waals surface area contributed by atoms with Crippen LogP contribution in [-0.2, 0) is 30.4 Å². The zero-order valence-electron chi connectivity index (χ0n) is 23.2. The lowest BCUT2D eigenvalue weighted by Crippen LogP contribution is -2.58. The number of rotatable bonds is 10. The highest BCUT2D eigenvalue weighted by Gasteiger charge is 2.80. The van der Waals surface area contributed by atoms with E-state index in [1.165, 1.54) is 4.90 Å². The number of nitrogens with zero attached hydrogens (tertiary/aromatic N) is 2. The maximum Gasteiger partial charge on any atom is 0.245 e. The molecule has 2 bridgehead atoms. The first kappa shape index (κ1) is 28.0. The number of carbonyl (C=O) groups excluding carboxylic acids is 3. The van der Waals surface area contributed by atoms with Crippen molar-refractivity contribution in [3.8, 4) is 0 Å². The van der Waals surface area contributed by atoms with Crippen molar-refractivity contribution >= 4 is 17.7 Å². The lowest BCUT2D eigenvalue weighted by atomic mass is 9.62. The van der Waals surface area contributed by atoms with Crippen LogP contribution in [0.25, 0.3) is 0 Å². The molecule has 4 aliphatic rings. The van der Waals surface area contributed by atoms with Crippen LogP contribution in [0.3, 0.4) is 0 Å². The molecule has 4 saturated heterocycles. The van der Waals surface area contributed by atoms with E-state index in [0.717, 1.165) is 18.7 Å². The summed E-state index contributed by atoms with van der Waals surface area (Å²) in [5.74, 6) is -2.36. The molecule has 3 N–H and O–H groups in total. The molecule has 0 aromatic heterocycles. The highest BCUT2D eigenvalue weighted by Crippen LogP contribution is 2.65. The monoisotopic (exact) mass is 542 g/mol. The van der Waals surface area contributed by atoms with Gasteiger partial charge < -0.3 is 30.1 Å². The SMILES string of the molecule is CC[C@@H](CO)N1C(=O)[C@@H]2[C@@H](C(=O)NCc3ccccc3)[C@]3(C)OC2(CC3C)C1C(=O)NCCN1CCOCC1. The molecule has 10 nitrogen and oxygen atoms in total. The van der Waals surface area contributed by atoms with Crippen molar-refractivity contribution < 1.29 is 29.0 Å². The van der Waals surface area contributed by atoms with Crippen LogP contribution in [0, 0.1) is 17.8 Å². The van der Waals surface area contributed by atoms with E-state index in [4.69, 9.17) is 9.47 Å². The van der Waals surface area contributed by atoms with E-state index in [-0.39, 0.29) is 30.2 Å². The molecule has 3 unspecified atom stereocenters. The van der Waals surface area contributed by atoms with Crippen molar-refractivity contribution in [2.45, 2.75) is 63.4 Å². The zero-order valence-corrected chi connectivity index (χ0v) is 23.2. The molecule has 39 heavy (non-hydrogen) atoms. The largest absolute Gasteiger partial charge is 0.394 e. The number of amides is 3. The van der Waals surface area contributed by atoms with Crippen LogP contribution in [0.2, 0.25) is 0 Å². The Morgan fingerprint density at radius 2 is 1.87 bits per heavy atom. The zero-order chi connectivity index (χ0) is 27.8. The number of morpholine rings is 1. The average molecular weight is 543 g/mol. The first-order valence-corrected chi connectivity index (χ1v) is 14.3. The van der Waals surface area contributed by atoms with E-state index in [1.54, 1.807) is 0 Å². The number of fused-ring (bicyclic) bond motifs is 1. The van der Waals surface area contributed by atoms with Gasteiger partial charge in [0.1, 0.15) is 11.6 Å². The first-order chi connectivity index (χ1) is 18.8. The molecule has 1 spiro atoms. The number of hydrogen-bond acceptors (Lipinski definition) is 7. The molecule has 4 heterocycles. The molecule has 214 valence electrons. The second kappa shape index (κ2) is 11.2. The summed E-state index contributed by atoms with van der Waals surface area (Å²) in [5, 5.41) is 16.3. The number of carbonyl (C=O) groups is 3. The van der Waals surface area contributed by atoms with Crippen LogP contribution in [0.4, 0.5) is 0 Å². The summed E-state index contributed by atoms with van der Waals surface area (Å²) in [7, 11) is 0. The number of aliphatic hydroxyl groups is 1. The Kier molecular flexibility index (Phi) is 8.01. The maximum atomic E-state index is 14.2. The Morgan fingerprint density at radius 3 is 2.54 bits per heavy atom. The molecular formula is C29H42N4O6. The molecule has 1 aromatic rings. The summed E-state index contributed by atoms with van der Waals surface area (Å²) in [4.78, 5) is 45.6. The van der Waals surface area contributed by atoms with Gasteiger partial charge in [0.25, 0.3) is 0 Å². The summed E-state index contributed by atoms with van der Waals surface area (Å²) in [5.41, 5.74) is -1.03. The normalized spacial score (nSPS) is 34.7. The lowest BCUT2D eigenvalue weighted by molar-refractivity contribution is -0.151. The molecule has 3 amide bonds. The Morgan fingerprint density at radius 1 is 1.15 bits per heavy atom. The van der Waals surface area contributed by atoms with E-state index in [2.05, 4.69) is 15.5 Å². The quantitative estimate of drug-likeness (QED) is 0.395. The van der Waals surface area contributed by atoms with E-state index in [1.807, 2.05) is 51.1 Å². The lowest BCUT2D eigenvalue weighted by Gasteiger charge is -2.37. The van der Waals surface area contributed by atoms with E-state index >= 15 is 0 Å². The predicted octanol–water partition coefficient (Wildman–Crippen LogP) is 0.533. The van der Waals surface area contributed by atoms with Crippen molar-refractivity contribution in [3.05, 3.63) is 35.9 Å². The Bertz CT molecular complexity index is 1060. The molecule has 0 radical (unpaired) electrons. The molecule has 4 aliphatic heterocycles. The van der Waals surface area contributed by atoms with Gasteiger partial charge in [-0.15, -0.1) is 0 Å². The molecule has 0 saturated carbocycles. The third-order valence-corrected chi connectivity index (χ3v) is 9.50. The minimum absolute atomic E-state index is 0.0353. The molecule has 1 aromatic carbocycles. The van der Waals surface area contributed by atoms with E-state index < -0.39 is 35.1 Å². The molecular weight excluding hydrogens is 500 g/mol. The summed E-state index contributed by atoms with van der Waals surface area (Å²) < 4.78 is 12.2. The maximum absolute atomic E-state index is 14.2. The van der Waals surface area contributed by atoms with E-state index in [9.17, 15) is 19.5 Å². The van der Waals surface area contributed by atoms with Crippen LogP contribution in [0.1, 0.15) is 39.2 Å². The smallest absolute Gasteiger partial charge is 0.245 e. The van der Waals surface area contributed by atoms with Gasteiger partial charge in [0, 0.05) is 32.7 Å². The van der Waals surface area contributed by atoms with Crippen LogP contribution in [0.15, 0.2) is 30.3 Å². The second-order valence-corrected chi connectivity index (χ2v) is 11.6. The summed E-state index contributed by atoms with van der Waals surface area (Å²) in [6.07, 6.45) is 0.989. The molecule has 0 aliphatic carbocycles. The Hall–Kier alpha value is -2.53. The molecule has 5 rings (SSSR count). The van der Waals surface area contributed by atoms with Crippen molar-refractivity contribution in [2.24, 2.45) is 17.8 Å². The van der Waals surface area contributed by atoms with Crippen molar-refractivity contribution in [1.29, 1.82) is 0 Å². The first-order valence-electron chi connectivity index (χ1n) is 14.3. The van der Waals surface area contributed by atoms with Crippen molar-refractivity contribution in [1.82, 2.24) is 20.4 Å². The molecule has 10 heteroatoms. The fourth-order valence-corrected chi connectivity index (χ4v) is 7.34. The fraction of sp³-hybridized carbons (Fsp3) is 0.690. The number of aliphatic hydroxyl groups excluding tert-OH is 1. The standard InChI is InChI=1S/C29H42N4O6/c1-4-21(18-34)33-24(26(36)30-10-11-32-12-14-38-15-13-32)29-16-19(2)28(3,39-29)22(23(29)27(33)37)25(35)31-17-20-8-6-5-7-9-20/h5-9,19,21-24,34H,4,10-18H2,1-3H3,(H,30,36)(H,31,35)/t19?,21-,22-,23-,24?,28+,29?/m0/s1. The minimum atomic E-state index is -1.12. The minimum Gasteiger partial charge on any atom is -0.394 e. The predicted molar refractivity (Wildman–Crippen MR) is 143 cm³/mol. The number of nitrogens with one attached hydrogen (secondary N) is 2. The van der Waals surface area contributed by atoms with Crippen molar-refractivity contribution in [3.63, 3.8) is 0 Å². The van der Waals surface area contributed by atoms with Gasteiger partial charge in [0.05, 0.1) is 43.3 Å². The van der Waals surface area contributed by atoms with Crippen LogP contribution in [-0.4, -0.2) is 102 Å². The highest BCUT2D eigenvalue weighted by molar-refractivity contribution is 5.99. The van der Waals surface area contributed by atoms with Gasteiger partial charge in [-0.2, -0.15) is 0 Å². The van der Waals surface area contributed by atoms with Crippen LogP contribution in [0.5, 0.6) is 0 Å². The Labute approximate surface area is 230 Å². The number of ether oxygens (including phenoxy) is 2. The van der Waals surface area contributed by atoms with Crippen LogP contribution >= 0.6 is 0 Å². The number of benzene rings is 1. The van der Waals surface area contributed by atoms with Gasteiger partial charge in [0.2, 0.25) is 17.7 Å². The van der Waals surface area contributed by atoms with Gasteiger partial charge in [-0.25, -0.2) is 0 Å². The van der Waals surface area contributed by atoms with Gasteiger partial charge in [-0.3, -0.25) is 19.3 Å². The summed E-state index contributed by atoms with van der Waals surface area (Å²) in [6.45, 7) is 10.0. The second-order valence-electron chi connectivity index (χ2n) is 11.6. The van der Waals surface area contributed by atoms with Gasteiger partial charge in [-0.05, 0) is 31.2 Å². The summed E-state index contributed by atoms with van der Waals surface area (Å²) >= 11 is 0. The third kappa shape index (κ3) is 4.75. The number of hydrogen-bond donors (Lipinski definition) is 3. The highest BCUT2D eigenvalue weighted by atomic mass is 16.5. The van der Waals surface area contributed by atoms with E-state index in [0.29, 0.717) is 45.7 Å².